The van der Waals surface area contributed by atoms with E-state index in [4.69, 9.17) is 22.7 Å². The summed E-state index contributed by atoms with van der Waals surface area (Å²) in [5.74, 6) is 1.43. The third kappa shape index (κ3) is 3.88. The van der Waals surface area contributed by atoms with E-state index in [1.807, 2.05) is 0 Å². The summed E-state index contributed by atoms with van der Waals surface area (Å²) in [6.07, 6.45) is 7.74. The molecule has 21 heavy (non-hydrogen) atoms. The summed E-state index contributed by atoms with van der Waals surface area (Å²) in [4.78, 5) is 6.82. The highest BCUT2D eigenvalue weighted by Crippen LogP contribution is 2.33. The lowest BCUT2D eigenvalue weighted by Gasteiger charge is -2.31. The van der Waals surface area contributed by atoms with Crippen LogP contribution in [0.5, 0.6) is 0 Å². The maximum absolute atomic E-state index is 7.64. The molecule has 2 rings (SSSR count). The van der Waals surface area contributed by atoms with Gasteiger partial charge in [0.1, 0.15) is 11.7 Å². The fourth-order valence-corrected chi connectivity index (χ4v) is 3.24. The first-order chi connectivity index (χ1) is 10.0. The Balaban J connectivity index is 2.31. The Morgan fingerprint density at radius 3 is 2.71 bits per heavy atom. The van der Waals surface area contributed by atoms with Crippen LogP contribution in [-0.2, 0) is 0 Å². The van der Waals surface area contributed by atoms with Gasteiger partial charge in [-0.3, -0.25) is 5.41 Å². The van der Waals surface area contributed by atoms with Gasteiger partial charge in [0, 0.05) is 24.3 Å². The van der Waals surface area contributed by atoms with Gasteiger partial charge in [0.15, 0.2) is 0 Å². The molecule has 1 aliphatic rings. The van der Waals surface area contributed by atoms with Gasteiger partial charge in [0.2, 0.25) is 0 Å². The van der Waals surface area contributed by atoms with E-state index in [9.17, 15) is 0 Å². The molecule has 1 saturated carbocycles. The predicted molar refractivity (Wildman–Crippen MR) is 89.3 cm³/mol. The molecule has 0 atom stereocenters. The van der Waals surface area contributed by atoms with Crippen molar-refractivity contribution >= 4 is 23.3 Å². The summed E-state index contributed by atoms with van der Waals surface area (Å²) in [7, 11) is 0. The molecule has 0 amide bonds. The van der Waals surface area contributed by atoms with Crippen molar-refractivity contribution in [3.8, 4) is 0 Å². The number of hydrogen-bond donors (Lipinski definition) is 2. The van der Waals surface area contributed by atoms with Crippen molar-refractivity contribution in [2.45, 2.75) is 52.0 Å². The molecule has 0 aliphatic heterocycles. The van der Waals surface area contributed by atoms with E-state index in [1.165, 1.54) is 25.7 Å². The second kappa shape index (κ2) is 7.12. The average molecular weight is 309 g/mol. The smallest absolute Gasteiger partial charge is 0.148 e. The van der Waals surface area contributed by atoms with E-state index in [-0.39, 0.29) is 5.84 Å². The zero-order valence-corrected chi connectivity index (χ0v) is 13.7. The predicted octanol–water partition coefficient (Wildman–Crippen LogP) is 3.81. The molecule has 0 bridgehead atoms. The molecule has 0 unspecified atom stereocenters. The molecule has 0 saturated heterocycles. The van der Waals surface area contributed by atoms with Crippen LogP contribution in [0.2, 0.25) is 5.02 Å². The number of nitrogens with two attached hydrogens (primary N) is 1. The number of nitrogens with one attached hydrogen (secondary N) is 1. The Kier molecular flexibility index (Phi) is 5.45. The van der Waals surface area contributed by atoms with Crippen LogP contribution >= 0.6 is 11.6 Å². The van der Waals surface area contributed by atoms with Gasteiger partial charge in [-0.15, -0.1) is 0 Å². The minimum Gasteiger partial charge on any atom is -0.384 e. The summed E-state index contributed by atoms with van der Waals surface area (Å²) in [6, 6.07) is 2.22. The molecular formula is C16H25ClN4. The van der Waals surface area contributed by atoms with Crippen molar-refractivity contribution < 1.29 is 0 Å². The summed E-state index contributed by atoms with van der Waals surface area (Å²) in [6.45, 7) is 5.41. The lowest BCUT2D eigenvalue weighted by atomic mass is 10.1. The molecule has 1 aromatic heterocycles. The Hall–Kier alpha value is -1.29. The van der Waals surface area contributed by atoms with Crippen molar-refractivity contribution in [1.29, 1.82) is 5.41 Å². The summed E-state index contributed by atoms with van der Waals surface area (Å²) in [5.41, 5.74) is 6.19. The SMILES string of the molecule is CC(C)CCN(c1nccc(C(=N)N)c1Cl)C1CCCC1. The van der Waals surface area contributed by atoms with E-state index in [1.54, 1.807) is 12.3 Å². The number of rotatable bonds is 6. The van der Waals surface area contributed by atoms with E-state index in [0.717, 1.165) is 18.8 Å². The number of pyridine rings is 1. The maximum Gasteiger partial charge on any atom is 0.148 e. The molecule has 0 radical (unpaired) electrons. The molecule has 1 heterocycles. The highest BCUT2D eigenvalue weighted by atomic mass is 35.5. The van der Waals surface area contributed by atoms with Gasteiger partial charge in [-0.25, -0.2) is 4.98 Å². The normalized spacial score (nSPS) is 15.6. The standard InChI is InChI=1S/C16H25ClN4/c1-11(2)8-10-21(12-5-3-4-6-12)16-14(17)13(15(18)19)7-9-20-16/h7,9,11-12H,3-6,8,10H2,1-2H3,(H3,18,19). The van der Waals surface area contributed by atoms with E-state index < -0.39 is 0 Å². The van der Waals surface area contributed by atoms with Crippen LogP contribution in [0.25, 0.3) is 0 Å². The molecule has 0 aromatic carbocycles. The van der Waals surface area contributed by atoms with Crippen LogP contribution in [0.1, 0.15) is 51.5 Å². The topological polar surface area (TPSA) is 66.0 Å². The van der Waals surface area contributed by atoms with Gasteiger partial charge in [-0.2, -0.15) is 0 Å². The molecule has 1 fully saturated rings. The molecule has 5 heteroatoms. The van der Waals surface area contributed by atoms with Gasteiger partial charge >= 0.3 is 0 Å². The summed E-state index contributed by atoms with van der Waals surface area (Å²) in [5, 5.41) is 8.15. The number of nitrogens with zero attached hydrogens (tertiary/aromatic N) is 2. The van der Waals surface area contributed by atoms with E-state index in [0.29, 0.717) is 22.5 Å². The molecule has 4 nitrogen and oxygen atoms in total. The molecule has 1 aliphatic carbocycles. The van der Waals surface area contributed by atoms with Gasteiger partial charge < -0.3 is 10.6 Å². The minimum absolute atomic E-state index is 0.00104. The van der Waals surface area contributed by atoms with Gasteiger partial charge in [-0.1, -0.05) is 38.3 Å². The Morgan fingerprint density at radius 2 is 2.14 bits per heavy atom. The first kappa shape index (κ1) is 16.1. The molecular weight excluding hydrogens is 284 g/mol. The molecule has 0 spiro atoms. The van der Waals surface area contributed by atoms with Crippen molar-refractivity contribution in [2.24, 2.45) is 11.7 Å². The fourth-order valence-electron chi connectivity index (χ4n) is 2.92. The van der Waals surface area contributed by atoms with Crippen molar-refractivity contribution in [2.75, 3.05) is 11.4 Å². The maximum atomic E-state index is 7.64. The van der Waals surface area contributed by atoms with Crippen LogP contribution < -0.4 is 10.6 Å². The second-order valence-corrected chi connectivity index (χ2v) is 6.60. The number of anilines is 1. The zero-order chi connectivity index (χ0) is 15.4. The number of hydrogen-bond acceptors (Lipinski definition) is 3. The van der Waals surface area contributed by atoms with Crippen LogP contribution in [0, 0.1) is 11.3 Å². The monoisotopic (exact) mass is 308 g/mol. The van der Waals surface area contributed by atoms with Crippen LogP contribution in [0.3, 0.4) is 0 Å². The quantitative estimate of drug-likeness (QED) is 0.620. The third-order valence-corrected chi connectivity index (χ3v) is 4.52. The van der Waals surface area contributed by atoms with E-state index >= 15 is 0 Å². The molecule has 3 N–H and O–H groups in total. The van der Waals surface area contributed by atoms with Gasteiger partial charge in [0.05, 0.1) is 5.02 Å². The first-order valence-electron chi connectivity index (χ1n) is 7.76. The number of nitrogen functional groups attached to an aromatic ring is 1. The van der Waals surface area contributed by atoms with Crippen LogP contribution in [0.4, 0.5) is 5.82 Å². The van der Waals surface area contributed by atoms with E-state index in [2.05, 4.69) is 23.7 Å². The number of aromatic nitrogens is 1. The Morgan fingerprint density at radius 1 is 1.48 bits per heavy atom. The first-order valence-corrected chi connectivity index (χ1v) is 8.14. The highest BCUT2D eigenvalue weighted by Gasteiger charge is 2.26. The van der Waals surface area contributed by atoms with Gasteiger partial charge in [0.25, 0.3) is 0 Å². The molecule has 116 valence electrons. The second-order valence-electron chi connectivity index (χ2n) is 6.22. The lowest BCUT2D eigenvalue weighted by Crippen LogP contribution is -2.36. The van der Waals surface area contributed by atoms with Gasteiger partial charge in [-0.05, 0) is 31.2 Å². The van der Waals surface area contributed by atoms with Crippen molar-refractivity contribution in [3.05, 3.63) is 22.8 Å². The largest absolute Gasteiger partial charge is 0.384 e. The van der Waals surface area contributed by atoms with Crippen LogP contribution in [-0.4, -0.2) is 23.4 Å². The zero-order valence-electron chi connectivity index (χ0n) is 12.9. The highest BCUT2D eigenvalue weighted by molar-refractivity contribution is 6.36. The Bertz CT molecular complexity index is 495. The summed E-state index contributed by atoms with van der Waals surface area (Å²) >= 11 is 6.47. The lowest BCUT2D eigenvalue weighted by molar-refractivity contribution is 0.525. The third-order valence-electron chi connectivity index (χ3n) is 4.15. The number of halogens is 1. The van der Waals surface area contributed by atoms with Crippen LogP contribution in [0.15, 0.2) is 12.3 Å². The fraction of sp³-hybridized carbons (Fsp3) is 0.625. The molecule has 1 aromatic rings. The van der Waals surface area contributed by atoms with Crippen molar-refractivity contribution in [1.82, 2.24) is 4.98 Å². The Labute approximate surface area is 132 Å². The average Bonchev–Trinajstić information content (AvgIpc) is 2.94. The minimum atomic E-state index is -0.00104. The summed E-state index contributed by atoms with van der Waals surface area (Å²) < 4.78 is 0. The van der Waals surface area contributed by atoms with Crippen molar-refractivity contribution in [3.63, 3.8) is 0 Å². The number of amidine groups is 1.